The molecule has 3 rings (SSSR count). The van der Waals surface area contributed by atoms with Crippen molar-refractivity contribution < 1.29 is 0 Å². The van der Waals surface area contributed by atoms with Crippen LogP contribution in [0.2, 0.25) is 0 Å². The van der Waals surface area contributed by atoms with Crippen LogP contribution in [0.3, 0.4) is 0 Å². The molecule has 0 aliphatic heterocycles. The van der Waals surface area contributed by atoms with Gasteiger partial charge >= 0.3 is 176 Å². The van der Waals surface area contributed by atoms with Gasteiger partial charge in [0.25, 0.3) is 0 Å². The van der Waals surface area contributed by atoms with Crippen LogP contribution >= 0.6 is 0 Å². The third-order valence-electron chi connectivity index (χ3n) is 5.48. The Morgan fingerprint density at radius 1 is 0.759 bits per heavy atom. The average molecular weight is 386 g/mol. The van der Waals surface area contributed by atoms with Crippen molar-refractivity contribution in [2.45, 2.75) is 40.4 Å². The van der Waals surface area contributed by atoms with Gasteiger partial charge in [-0.1, -0.05) is 0 Å². The van der Waals surface area contributed by atoms with Crippen molar-refractivity contribution in [3.8, 4) is 0 Å². The first kappa shape index (κ1) is 21.3. The van der Waals surface area contributed by atoms with E-state index in [2.05, 4.69) is 84.7 Å². The second kappa shape index (κ2) is 10.4. The minimum absolute atomic E-state index is 0.834. The van der Waals surface area contributed by atoms with Crippen LogP contribution in [0.15, 0.2) is 54.8 Å². The summed E-state index contributed by atoms with van der Waals surface area (Å²) in [6, 6.07) is 12.6. The zero-order valence-corrected chi connectivity index (χ0v) is 18.1. The third-order valence-corrected chi connectivity index (χ3v) is 5.48. The molecule has 0 atom stereocenters. The Labute approximate surface area is 175 Å². The van der Waals surface area contributed by atoms with Gasteiger partial charge in [-0.25, -0.2) is 0 Å². The van der Waals surface area contributed by atoms with Crippen molar-refractivity contribution in [1.29, 1.82) is 0 Å². The summed E-state index contributed by atoms with van der Waals surface area (Å²) in [7, 11) is 2.20. The van der Waals surface area contributed by atoms with E-state index in [9.17, 15) is 0 Å². The first-order valence-electron chi connectivity index (χ1n) is 10.3. The summed E-state index contributed by atoms with van der Waals surface area (Å²) in [5.74, 6) is 2.12. The Morgan fingerprint density at radius 2 is 1.34 bits per heavy atom. The SMILES string of the molecule is Cc1cccbc1CN(C)CCN(Cc1ncccc1C)Cc1ncccc1C. The molecule has 3 heterocycles. The molecule has 0 amide bonds. The maximum absolute atomic E-state index is 4.61. The van der Waals surface area contributed by atoms with E-state index in [0.717, 1.165) is 44.1 Å². The standard InChI is InChI=1S/C24H31BN4/c1-19-8-5-11-25-22(19)16-28(4)14-15-29(17-23-20(2)9-6-12-26-23)18-24-21(3)10-7-13-27-24/h5-13H,14-18H2,1-4H3. The van der Waals surface area contributed by atoms with E-state index in [1.54, 1.807) is 0 Å². The van der Waals surface area contributed by atoms with Crippen molar-refractivity contribution in [3.05, 3.63) is 88.3 Å². The molecule has 0 N–H and O–H groups in total. The third kappa shape index (κ3) is 6.31. The molecular weight excluding hydrogens is 355 g/mol. The van der Waals surface area contributed by atoms with Crippen LogP contribution in [0.4, 0.5) is 0 Å². The summed E-state index contributed by atoms with van der Waals surface area (Å²) in [6.45, 7) is 13.3. The van der Waals surface area contributed by atoms with Crippen LogP contribution < -0.4 is 0 Å². The molecule has 4 nitrogen and oxygen atoms in total. The van der Waals surface area contributed by atoms with Crippen molar-refractivity contribution >= 4 is 6.91 Å². The van der Waals surface area contributed by atoms with E-state index in [0.29, 0.717) is 0 Å². The predicted molar refractivity (Wildman–Crippen MR) is 121 cm³/mol. The van der Waals surface area contributed by atoms with E-state index >= 15 is 0 Å². The van der Waals surface area contributed by atoms with Gasteiger partial charge in [0, 0.05) is 0 Å². The molecule has 0 saturated carbocycles. The van der Waals surface area contributed by atoms with Crippen LogP contribution in [0, 0.1) is 20.8 Å². The topological polar surface area (TPSA) is 32.3 Å². The molecule has 0 spiro atoms. The monoisotopic (exact) mass is 386 g/mol. The summed E-state index contributed by atoms with van der Waals surface area (Å²) in [6.07, 6.45) is 3.77. The zero-order chi connectivity index (χ0) is 20.6. The van der Waals surface area contributed by atoms with E-state index < -0.39 is 0 Å². The van der Waals surface area contributed by atoms with Crippen LogP contribution in [-0.4, -0.2) is 46.8 Å². The van der Waals surface area contributed by atoms with Gasteiger partial charge in [0.05, 0.1) is 0 Å². The number of aromatic nitrogens is 2. The summed E-state index contributed by atoms with van der Waals surface area (Å²) >= 11 is 0. The van der Waals surface area contributed by atoms with Gasteiger partial charge in [0.1, 0.15) is 0 Å². The number of hydrogen-bond donors (Lipinski definition) is 0. The number of nitrogens with zero attached hydrogens (tertiary/aromatic N) is 4. The molecule has 0 bridgehead atoms. The molecule has 3 aromatic rings. The van der Waals surface area contributed by atoms with E-state index in [-0.39, 0.29) is 0 Å². The zero-order valence-electron chi connectivity index (χ0n) is 18.1. The van der Waals surface area contributed by atoms with Crippen LogP contribution in [0.1, 0.15) is 33.5 Å². The molecule has 150 valence electrons. The number of hydrogen-bond acceptors (Lipinski definition) is 4. The Bertz CT molecular complexity index is 881. The van der Waals surface area contributed by atoms with Gasteiger partial charge in [0.2, 0.25) is 0 Å². The van der Waals surface area contributed by atoms with Crippen molar-refractivity contribution in [3.63, 3.8) is 0 Å². The molecule has 0 aliphatic carbocycles. The number of pyridine rings is 2. The molecule has 5 heteroatoms. The molecule has 29 heavy (non-hydrogen) atoms. The van der Waals surface area contributed by atoms with E-state index in [1.165, 1.54) is 22.1 Å². The fourth-order valence-corrected chi connectivity index (χ4v) is 3.47. The Hall–Kier alpha value is -2.37. The fourth-order valence-electron chi connectivity index (χ4n) is 3.47. The molecular formula is C24H31BN4. The van der Waals surface area contributed by atoms with Crippen LogP contribution in [-0.2, 0) is 19.6 Å². The van der Waals surface area contributed by atoms with Crippen molar-refractivity contribution in [1.82, 2.24) is 19.8 Å². The summed E-state index contributed by atoms with van der Waals surface area (Å²) in [5, 5.41) is 0. The number of likely N-dealkylation sites (N-methyl/N-ethyl adjacent to an activating group) is 1. The molecule has 0 aliphatic rings. The summed E-state index contributed by atoms with van der Waals surface area (Å²) in [4.78, 5) is 14.1. The van der Waals surface area contributed by atoms with Crippen LogP contribution in [0.25, 0.3) is 0 Å². The Balaban J connectivity index is 1.68. The van der Waals surface area contributed by atoms with Gasteiger partial charge in [0.15, 0.2) is 0 Å². The van der Waals surface area contributed by atoms with Crippen LogP contribution in [0.5, 0.6) is 0 Å². The second-order valence-electron chi connectivity index (χ2n) is 7.91. The maximum atomic E-state index is 4.61. The first-order chi connectivity index (χ1) is 14.0. The second-order valence-corrected chi connectivity index (χ2v) is 7.91. The molecule has 0 saturated heterocycles. The minimum atomic E-state index is 0.834. The van der Waals surface area contributed by atoms with Gasteiger partial charge < -0.3 is 0 Å². The van der Waals surface area contributed by atoms with Gasteiger partial charge in [-0.05, 0) is 0 Å². The molecule has 0 radical (unpaired) electrons. The quantitative estimate of drug-likeness (QED) is 0.559. The molecule has 3 aromatic heterocycles. The van der Waals surface area contributed by atoms with Gasteiger partial charge in [-0.3, -0.25) is 0 Å². The number of aryl methyl sites for hydroxylation is 3. The first-order valence-corrected chi connectivity index (χ1v) is 10.3. The van der Waals surface area contributed by atoms with E-state index in [1.807, 2.05) is 24.5 Å². The fraction of sp³-hybridized carbons (Fsp3) is 0.375. The van der Waals surface area contributed by atoms with E-state index in [4.69, 9.17) is 0 Å². The predicted octanol–water partition coefficient (Wildman–Crippen LogP) is 3.87. The Morgan fingerprint density at radius 3 is 1.90 bits per heavy atom. The molecule has 0 aromatic carbocycles. The number of rotatable bonds is 9. The summed E-state index contributed by atoms with van der Waals surface area (Å²) in [5.41, 5.74) is 7.50. The molecule has 0 unspecified atom stereocenters. The Kier molecular flexibility index (Phi) is 7.67. The summed E-state index contributed by atoms with van der Waals surface area (Å²) < 4.78 is 0. The van der Waals surface area contributed by atoms with Gasteiger partial charge in [-0.2, -0.15) is 0 Å². The van der Waals surface area contributed by atoms with Crippen molar-refractivity contribution in [2.75, 3.05) is 20.1 Å². The van der Waals surface area contributed by atoms with Gasteiger partial charge in [-0.15, -0.1) is 0 Å². The molecule has 0 fully saturated rings. The average Bonchev–Trinajstić information content (AvgIpc) is 2.71. The van der Waals surface area contributed by atoms with Crippen molar-refractivity contribution in [2.24, 2.45) is 0 Å². The normalized spacial score (nSPS) is 11.2.